The molecule has 0 amide bonds. The van der Waals surface area contributed by atoms with Gasteiger partial charge in [-0.25, -0.2) is 0 Å². The van der Waals surface area contributed by atoms with Gasteiger partial charge in [0.15, 0.2) is 0 Å². The van der Waals surface area contributed by atoms with Gasteiger partial charge in [-0.3, -0.25) is 5.21 Å². The number of thiocarbonyl (C=S) groups is 1. The van der Waals surface area contributed by atoms with Gasteiger partial charge in [0.1, 0.15) is 12.4 Å². The predicted octanol–water partition coefficient (Wildman–Crippen LogP) is 4.57. The fourth-order valence-corrected chi connectivity index (χ4v) is 2.58. The summed E-state index contributed by atoms with van der Waals surface area (Å²) in [6, 6.07) is 11.9. The molecule has 0 heterocycles. The molecule has 5 heteroatoms. The van der Waals surface area contributed by atoms with Gasteiger partial charge >= 0.3 is 0 Å². The highest BCUT2D eigenvalue weighted by Crippen LogP contribution is 2.26. The smallest absolute Gasteiger partial charge is 0.288 e. The predicted molar refractivity (Wildman–Crippen MR) is 99.9 cm³/mol. The second-order valence-electron chi connectivity index (χ2n) is 5.66. The molecule has 1 N–H and O–H groups in total. The van der Waals surface area contributed by atoms with E-state index in [-0.39, 0.29) is 5.17 Å². The van der Waals surface area contributed by atoms with E-state index in [0.29, 0.717) is 12.3 Å². The van der Waals surface area contributed by atoms with Crippen molar-refractivity contribution >= 4 is 23.1 Å². The molecule has 0 aromatic heterocycles. The van der Waals surface area contributed by atoms with Crippen LogP contribution in [0.1, 0.15) is 29.2 Å². The first-order chi connectivity index (χ1) is 11.5. The van der Waals surface area contributed by atoms with Crippen LogP contribution in [0.4, 0.5) is 5.69 Å². The fraction of sp³-hybridized carbons (Fsp3) is 0.316. The molecule has 0 spiro atoms. The highest BCUT2D eigenvalue weighted by atomic mass is 32.1. The first kappa shape index (κ1) is 18.2. The molecule has 0 radical (unpaired) electrons. The molecule has 24 heavy (non-hydrogen) atoms. The lowest BCUT2D eigenvalue weighted by atomic mass is 10.1. The number of ether oxygens (including phenoxy) is 2. The number of nitrogens with zero attached hydrogens (tertiary/aromatic N) is 1. The molecule has 128 valence electrons. The van der Waals surface area contributed by atoms with Crippen LogP contribution in [0.15, 0.2) is 36.4 Å². The highest BCUT2D eigenvalue weighted by Gasteiger charge is 2.15. The molecule has 0 bridgehead atoms. The van der Waals surface area contributed by atoms with Crippen LogP contribution in [0.2, 0.25) is 0 Å². The number of rotatable bonds is 5. The molecule has 2 aromatic carbocycles. The molecule has 0 fully saturated rings. The van der Waals surface area contributed by atoms with Crippen molar-refractivity contribution in [3.63, 3.8) is 0 Å². The van der Waals surface area contributed by atoms with E-state index in [1.807, 2.05) is 37.3 Å². The zero-order chi connectivity index (χ0) is 17.7. The first-order valence-corrected chi connectivity index (χ1v) is 8.26. The molecule has 4 nitrogen and oxygen atoms in total. The van der Waals surface area contributed by atoms with Gasteiger partial charge in [-0.2, -0.15) is 5.06 Å². The van der Waals surface area contributed by atoms with Gasteiger partial charge in [0.2, 0.25) is 0 Å². The summed E-state index contributed by atoms with van der Waals surface area (Å²) in [6.45, 7) is 6.48. The van der Waals surface area contributed by atoms with Gasteiger partial charge in [0, 0.05) is 5.56 Å². The van der Waals surface area contributed by atoms with E-state index in [4.69, 9.17) is 21.7 Å². The summed E-state index contributed by atoms with van der Waals surface area (Å²) < 4.78 is 10.9. The minimum absolute atomic E-state index is 0.00739. The Morgan fingerprint density at radius 1 is 1.17 bits per heavy atom. The number of benzene rings is 2. The zero-order valence-corrected chi connectivity index (χ0v) is 15.3. The highest BCUT2D eigenvalue weighted by molar-refractivity contribution is 7.80. The number of hydrogen-bond acceptors (Lipinski definition) is 4. The number of aryl methyl sites for hydroxylation is 3. The van der Waals surface area contributed by atoms with Crippen molar-refractivity contribution in [1.29, 1.82) is 0 Å². The van der Waals surface area contributed by atoms with Crippen molar-refractivity contribution in [3.05, 3.63) is 58.7 Å². The summed E-state index contributed by atoms with van der Waals surface area (Å²) in [5.41, 5.74) is 4.84. The van der Waals surface area contributed by atoms with Crippen LogP contribution in [0.5, 0.6) is 5.75 Å². The summed E-state index contributed by atoms with van der Waals surface area (Å²) >= 11 is 5.01. The maximum absolute atomic E-state index is 10.2. The Labute approximate surface area is 148 Å². The normalized spacial score (nSPS) is 10.4. The van der Waals surface area contributed by atoms with Gasteiger partial charge in [-0.1, -0.05) is 36.8 Å². The minimum Gasteiger partial charge on any atom is -0.489 e. The summed E-state index contributed by atoms with van der Waals surface area (Å²) in [5.74, 6) is 0.826. The second kappa shape index (κ2) is 8.13. The second-order valence-corrected chi connectivity index (χ2v) is 6.01. The molecule has 0 aliphatic rings. The van der Waals surface area contributed by atoms with E-state index in [2.05, 4.69) is 19.9 Å². The van der Waals surface area contributed by atoms with E-state index in [0.717, 1.165) is 33.9 Å². The van der Waals surface area contributed by atoms with E-state index in [1.54, 1.807) is 0 Å². The van der Waals surface area contributed by atoms with Crippen LogP contribution in [-0.4, -0.2) is 17.5 Å². The zero-order valence-electron chi connectivity index (χ0n) is 14.5. The van der Waals surface area contributed by atoms with Crippen molar-refractivity contribution in [3.8, 4) is 5.75 Å². The number of hydrogen-bond donors (Lipinski definition) is 1. The summed E-state index contributed by atoms with van der Waals surface area (Å²) in [7, 11) is 1.43. The Hall–Kier alpha value is -2.11. The van der Waals surface area contributed by atoms with Crippen LogP contribution < -0.4 is 9.80 Å². The lowest BCUT2D eigenvalue weighted by Crippen LogP contribution is -2.27. The van der Waals surface area contributed by atoms with E-state index < -0.39 is 0 Å². The molecule has 2 rings (SSSR count). The van der Waals surface area contributed by atoms with E-state index >= 15 is 0 Å². The topological polar surface area (TPSA) is 41.9 Å². The van der Waals surface area contributed by atoms with E-state index in [9.17, 15) is 5.21 Å². The summed E-state index contributed by atoms with van der Waals surface area (Å²) in [5, 5.41) is 11.1. The maximum Gasteiger partial charge on any atom is 0.288 e. The third kappa shape index (κ3) is 4.24. The largest absolute Gasteiger partial charge is 0.489 e. The van der Waals surface area contributed by atoms with Crippen molar-refractivity contribution < 1.29 is 14.7 Å². The SMILES string of the molecule is CCc1ccc(N(O)C(=S)OC)c(COc2ccc(C)cc2C)c1. The van der Waals surface area contributed by atoms with Crippen molar-refractivity contribution in [2.45, 2.75) is 33.8 Å². The minimum atomic E-state index is -0.00739. The van der Waals surface area contributed by atoms with Gasteiger partial charge in [0.25, 0.3) is 5.17 Å². The number of methoxy groups -OCH3 is 1. The van der Waals surface area contributed by atoms with Crippen LogP contribution in [0.25, 0.3) is 0 Å². The van der Waals surface area contributed by atoms with Gasteiger partial charge in [-0.05, 0) is 55.7 Å². The Kier molecular flexibility index (Phi) is 6.17. The summed E-state index contributed by atoms with van der Waals surface area (Å²) in [4.78, 5) is 0. The van der Waals surface area contributed by atoms with Crippen molar-refractivity contribution in [2.24, 2.45) is 0 Å². The fourth-order valence-electron chi connectivity index (χ4n) is 2.48. The quantitative estimate of drug-likeness (QED) is 0.635. The molecular formula is C19H23NO3S. The van der Waals surface area contributed by atoms with Crippen molar-refractivity contribution in [1.82, 2.24) is 0 Å². The van der Waals surface area contributed by atoms with Crippen LogP contribution in [-0.2, 0) is 17.8 Å². The molecular weight excluding hydrogens is 322 g/mol. The van der Waals surface area contributed by atoms with Gasteiger partial charge in [-0.15, -0.1) is 0 Å². The Morgan fingerprint density at radius 2 is 1.92 bits per heavy atom. The monoisotopic (exact) mass is 345 g/mol. The molecule has 0 saturated carbocycles. The third-order valence-corrected chi connectivity index (χ3v) is 4.18. The van der Waals surface area contributed by atoms with Crippen molar-refractivity contribution in [2.75, 3.05) is 12.2 Å². The molecule has 0 unspecified atom stereocenters. The third-order valence-electron chi connectivity index (χ3n) is 3.84. The van der Waals surface area contributed by atoms with Gasteiger partial charge < -0.3 is 9.47 Å². The lowest BCUT2D eigenvalue weighted by molar-refractivity contribution is 0.264. The number of hydroxylamine groups is 1. The number of anilines is 1. The Morgan fingerprint density at radius 3 is 2.54 bits per heavy atom. The average Bonchev–Trinajstić information content (AvgIpc) is 2.59. The van der Waals surface area contributed by atoms with E-state index in [1.165, 1.54) is 12.7 Å². The molecule has 0 aliphatic heterocycles. The molecule has 2 aromatic rings. The molecule has 0 atom stereocenters. The maximum atomic E-state index is 10.2. The lowest BCUT2D eigenvalue weighted by Gasteiger charge is -2.20. The summed E-state index contributed by atoms with van der Waals surface area (Å²) in [6.07, 6.45) is 0.900. The van der Waals surface area contributed by atoms with Crippen LogP contribution in [0, 0.1) is 13.8 Å². The van der Waals surface area contributed by atoms with Crippen LogP contribution in [0.3, 0.4) is 0 Å². The Balaban J connectivity index is 2.28. The Bertz CT molecular complexity index is 731. The molecule has 0 saturated heterocycles. The van der Waals surface area contributed by atoms with Gasteiger partial charge in [0.05, 0.1) is 12.8 Å². The first-order valence-electron chi connectivity index (χ1n) is 7.85. The standard InChI is InChI=1S/C19H23NO3S/c1-5-15-7-8-17(20(21)19(24)22-4)16(11-15)12-23-18-9-6-13(2)10-14(18)3/h6-11,21H,5,12H2,1-4H3. The molecule has 0 aliphatic carbocycles. The average molecular weight is 345 g/mol. The van der Waals surface area contributed by atoms with Crippen LogP contribution >= 0.6 is 12.2 Å².